The lowest BCUT2D eigenvalue weighted by molar-refractivity contribution is 0.105. The smallest absolute Gasteiger partial charge is 0.0584 e. The molecule has 0 heterocycles. The molecule has 0 aliphatic rings. The van der Waals surface area contributed by atoms with Gasteiger partial charge in [-0.25, -0.2) is 0 Å². The monoisotopic (exact) mass is 245 g/mol. The van der Waals surface area contributed by atoms with Crippen molar-refractivity contribution in [1.29, 1.82) is 0 Å². The Bertz CT molecular complexity index is 269. The van der Waals surface area contributed by atoms with Crippen LogP contribution in [0.3, 0.4) is 0 Å². The van der Waals surface area contributed by atoms with Crippen LogP contribution in [0.5, 0.6) is 0 Å². The van der Waals surface area contributed by atoms with E-state index in [2.05, 4.69) is 17.0 Å². The molecule has 92 valence electrons. The normalized spacial score (nSPS) is 12.2. The third-order valence-electron chi connectivity index (χ3n) is 2.50. The van der Waals surface area contributed by atoms with Crippen molar-refractivity contribution in [2.45, 2.75) is 19.5 Å². The van der Waals surface area contributed by atoms with Crippen molar-refractivity contribution in [2.24, 2.45) is 0 Å². The van der Waals surface area contributed by atoms with Gasteiger partial charge in [-0.3, -0.25) is 4.90 Å². The number of benzene rings is 1. The van der Waals surface area contributed by atoms with Gasteiger partial charge in [0.05, 0.1) is 13.2 Å². The number of hydrogen-bond donors (Lipinski definition) is 2. The van der Waals surface area contributed by atoms with Crippen LogP contribution in [0, 0.1) is 0 Å². The van der Waals surface area contributed by atoms with E-state index < -0.39 is 0 Å². The number of hydrogen-bond acceptors (Lipinski definition) is 3. The van der Waals surface area contributed by atoms with E-state index in [-0.39, 0.29) is 31.7 Å². The molecule has 0 radical (unpaired) electrons. The Morgan fingerprint density at radius 3 is 2.31 bits per heavy atom. The lowest BCUT2D eigenvalue weighted by Crippen LogP contribution is -2.37. The minimum atomic E-state index is 0. The summed E-state index contributed by atoms with van der Waals surface area (Å²) < 4.78 is 0. The molecule has 1 atom stereocenters. The van der Waals surface area contributed by atoms with Crippen molar-refractivity contribution >= 4 is 12.4 Å². The average molecular weight is 246 g/mol. The van der Waals surface area contributed by atoms with Gasteiger partial charge in [-0.05, 0) is 12.5 Å². The van der Waals surface area contributed by atoms with Crippen LogP contribution in [0.2, 0.25) is 0 Å². The van der Waals surface area contributed by atoms with Crippen molar-refractivity contribution in [3.8, 4) is 0 Å². The van der Waals surface area contributed by atoms with Gasteiger partial charge < -0.3 is 10.2 Å². The third-order valence-corrected chi connectivity index (χ3v) is 2.50. The van der Waals surface area contributed by atoms with Crippen LogP contribution in [0.1, 0.15) is 12.5 Å². The maximum atomic E-state index is 9.09. The van der Waals surface area contributed by atoms with Gasteiger partial charge in [0.15, 0.2) is 0 Å². The summed E-state index contributed by atoms with van der Waals surface area (Å²) in [5.74, 6) is 0. The van der Waals surface area contributed by atoms with E-state index in [1.165, 1.54) is 5.56 Å². The van der Waals surface area contributed by atoms with Gasteiger partial charge in [-0.15, -0.1) is 12.4 Å². The quantitative estimate of drug-likeness (QED) is 0.794. The average Bonchev–Trinajstić information content (AvgIpc) is 2.29. The van der Waals surface area contributed by atoms with Gasteiger partial charge in [0.2, 0.25) is 0 Å². The first-order valence-electron chi connectivity index (χ1n) is 5.27. The van der Waals surface area contributed by atoms with E-state index >= 15 is 0 Å². The maximum Gasteiger partial charge on any atom is 0.0584 e. The number of nitrogens with zero attached hydrogens (tertiary/aromatic N) is 1. The molecule has 0 saturated carbocycles. The lowest BCUT2D eigenvalue weighted by Gasteiger charge is -2.26. The summed E-state index contributed by atoms with van der Waals surface area (Å²) in [5, 5.41) is 18.0. The zero-order valence-corrected chi connectivity index (χ0v) is 10.4. The highest BCUT2D eigenvalue weighted by atomic mass is 35.5. The fourth-order valence-corrected chi connectivity index (χ4v) is 1.52. The van der Waals surface area contributed by atoms with Crippen molar-refractivity contribution < 1.29 is 10.2 Å². The molecule has 1 aromatic carbocycles. The molecule has 0 fully saturated rings. The van der Waals surface area contributed by atoms with E-state index in [1.54, 1.807) is 0 Å². The first kappa shape index (κ1) is 15.4. The molecule has 0 aliphatic heterocycles. The second kappa shape index (κ2) is 8.53. The van der Waals surface area contributed by atoms with Crippen LogP contribution in [0.4, 0.5) is 0 Å². The molecule has 1 unspecified atom stereocenters. The Kier molecular flexibility index (Phi) is 8.21. The zero-order chi connectivity index (χ0) is 11.1. The molecule has 1 aromatic rings. The molecule has 0 spiro atoms. The zero-order valence-electron chi connectivity index (χ0n) is 9.54. The van der Waals surface area contributed by atoms with E-state index in [4.69, 9.17) is 10.2 Å². The molecule has 1 rings (SSSR count). The number of aliphatic hydroxyl groups excluding tert-OH is 2. The Morgan fingerprint density at radius 2 is 1.81 bits per heavy atom. The van der Waals surface area contributed by atoms with E-state index in [9.17, 15) is 0 Å². The minimum absolute atomic E-state index is 0. The van der Waals surface area contributed by atoms with E-state index in [0.29, 0.717) is 6.54 Å². The standard InChI is InChI=1S/C12H19NO2.ClH/c1-11(10-15)13(7-8-14)9-12-5-3-2-4-6-12;/h2-6,11,14-15H,7-10H2,1H3;1H. The lowest BCUT2D eigenvalue weighted by atomic mass is 10.2. The minimum Gasteiger partial charge on any atom is -0.395 e. The van der Waals surface area contributed by atoms with E-state index in [1.807, 2.05) is 25.1 Å². The largest absolute Gasteiger partial charge is 0.395 e. The van der Waals surface area contributed by atoms with Crippen molar-refractivity contribution in [3.05, 3.63) is 35.9 Å². The van der Waals surface area contributed by atoms with Crippen LogP contribution < -0.4 is 0 Å². The molecule has 16 heavy (non-hydrogen) atoms. The van der Waals surface area contributed by atoms with Crippen LogP contribution in [-0.2, 0) is 6.54 Å². The van der Waals surface area contributed by atoms with Crippen molar-refractivity contribution in [2.75, 3.05) is 19.8 Å². The number of halogens is 1. The molecule has 4 heteroatoms. The van der Waals surface area contributed by atoms with Gasteiger partial charge in [-0.2, -0.15) is 0 Å². The fraction of sp³-hybridized carbons (Fsp3) is 0.500. The second-order valence-corrected chi connectivity index (χ2v) is 3.71. The van der Waals surface area contributed by atoms with Crippen LogP contribution in [-0.4, -0.2) is 40.9 Å². The summed E-state index contributed by atoms with van der Waals surface area (Å²) in [4.78, 5) is 2.06. The summed E-state index contributed by atoms with van der Waals surface area (Å²) in [7, 11) is 0. The molecular formula is C12H20ClNO2. The van der Waals surface area contributed by atoms with Gasteiger partial charge >= 0.3 is 0 Å². The molecular weight excluding hydrogens is 226 g/mol. The van der Waals surface area contributed by atoms with Crippen molar-refractivity contribution in [1.82, 2.24) is 4.90 Å². The Hall–Kier alpha value is -0.610. The topological polar surface area (TPSA) is 43.7 Å². The first-order chi connectivity index (χ1) is 7.27. The highest BCUT2D eigenvalue weighted by molar-refractivity contribution is 5.85. The summed E-state index contributed by atoms with van der Waals surface area (Å²) in [5.41, 5.74) is 1.20. The Morgan fingerprint density at radius 1 is 1.19 bits per heavy atom. The predicted octanol–water partition coefficient (Wildman–Crippen LogP) is 1.28. The highest BCUT2D eigenvalue weighted by Gasteiger charge is 2.12. The predicted molar refractivity (Wildman–Crippen MR) is 67.7 cm³/mol. The summed E-state index contributed by atoms with van der Waals surface area (Å²) in [6, 6.07) is 10.2. The molecule has 0 aliphatic carbocycles. The fourth-order valence-electron chi connectivity index (χ4n) is 1.52. The molecule has 0 amide bonds. The number of aliphatic hydroxyl groups is 2. The SMILES string of the molecule is CC(CO)N(CCO)Cc1ccccc1.Cl. The summed E-state index contributed by atoms with van der Waals surface area (Å²) >= 11 is 0. The Labute approximate surface area is 103 Å². The van der Waals surface area contributed by atoms with E-state index in [0.717, 1.165) is 6.54 Å². The van der Waals surface area contributed by atoms with Crippen molar-refractivity contribution in [3.63, 3.8) is 0 Å². The van der Waals surface area contributed by atoms with Gasteiger partial charge in [0, 0.05) is 19.1 Å². The molecule has 0 bridgehead atoms. The summed E-state index contributed by atoms with van der Waals surface area (Å²) in [6.07, 6.45) is 0. The molecule has 3 nitrogen and oxygen atoms in total. The van der Waals surface area contributed by atoms with Crippen LogP contribution in [0.25, 0.3) is 0 Å². The summed E-state index contributed by atoms with van der Waals surface area (Å²) in [6.45, 7) is 3.56. The molecule has 2 N–H and O–H groups in total. The first-order valence-corrected chi connectivity index (χ1v) is 5.27. The van der Waals surface area contributed by atoms with Gasteiger partial charge in [-0.1, -0.05) is 30.3 Å². The molecule has 0 aromatic heterocycles. The van der Waals surface area contributed by atoms with Crippen LogP contribution >= 0.6 is 12.4 Å². The highest BCUT2D eigenvalue weighted by Crippen LogP contribution is 2.07. The van der Waals surface area contributed by atoms with Crippen LogP contribution in [0.15, 0.2) is 30.3 Å². The number of rotatable bonds is 6. The Balaban J connectivity index is 0.00000225. The maximum absolute atomic E-state index is 9.09. The van der Waals surface area contributed by atoms with Gasteiger partial charge in [0.1, 0.15) is 0 Å². The second-order valence-electron chi connectivity index (χ2n) is 3.71. The third kappa shape index (κ3) is 4.94. The van der Waals surface area contributed by atoms with Gasteiger partial charge in [0.25, 0.3) is 0 Å². The molecule has 0 saturated heterocycles.